The summed E-state index contributed by atoms with van der Waals surface area (Å²) in [5.41, 5.74) is 3.66. The van der Waals surface area contributed by atoms with E-state index in [1.807, 2.05) is 36.4 Å². The number of anilines is 1. The highest BCUT2D eigenvalue weighted by Gasteiger charge is 2.14. The van der Waals surface area contributed by atoms with Crippen molar-refractivity contribution in [1.29, 1.82) is 0 Å². The smallest absolute Gasteiger partial charge is 0.307 e. The highest BCUT2D eigenvalue weighted by atomic mass is 32.1. The maximum atomic E-state index is 12.6. The second-order valence-corrected chi connectivity index (χ2v) is 8.47. The van der Waals surface area contributed by atoms with Crippen LogP contribution in [0.3, 0.4) is 0 Å². The van der Waals surface area contributed by atoms with Crippen LogP contribution < -0.4 is 5.32 Å². The highest BCUT2D eigenvalue weighted by Crippen LogP contribution is 2.31. The van der Waals surface area contributed by atoms with Crippen molar-refractivity contribution in [2.45, 2.75) is 13.5 Å². The van der Waals surface area contributed by atoms with Gasteiger partial charge < -0.3 is 9.73 Å². The molecule has 9 nitrogen and oxygen atoms in total. The maximum Gasteiger partial charge on any atom is 0.307 e. The van der Waals surface area contributed by atoms with Crippen LogP contribution in [0, 0.1) is 17.0 Å². The summed E-state index contributed by atoms with van der Waals surface area (Å²) in [7, 11) is 0. The number of benzene rings is 2. The molecule has 33 heavy (non-hydrogen) atoms. The highest BCUT2D eigenvalue weighted by molar-refractivity contribution is 7.21. The largest absolute Gasteiger partial charge is 0.454 e. The molecular weight excluding hydrogens is 442 g/mol. The van der Waals surface area contributed by atoms with E-state index in [1.165, 1.54) is 16.4 Å². The fourth-order valence-corrected chi connectivity index (χ4v) is 4.39. The lowest BCUT2D eigenvalue weighted by Crippen LogP contribution is -2.10. The molecule has 10 heteroatoms. The summed E-state index contributed by atoms with van der Waals surface area (Å²) in [6.45, 7) is 2.24. The number of nitro groups is 1. The van der Waals surface area contributed by atoms with Gasteiger partial charge in [0.25, 0.3) is 5.91 Å². The number of carbonyl (C=O) groups is 1. The summed E-state index contributed by atoms with van der Waals surface area (Å²) in [5.74, 6) is 0.202. The van der Waals surface area contributed by atoms with E-state index in [-0.39, 0.29) is 18.0 Å². The second-order valence-electron chi connectivity index (χ2n) is 7.44. The number of carbonyl (C=O) groups excluding carboxylic acids is 1. The van der Waals surface area contributed by atoms with Gasteiger partial charge in [-0.1, -0.05) is 6.07 Å². The maximum absolute atomic E-state index is 12.6. The van der Waals surface area contributed by atoms with Crippen molar-refractivity contribution in [3.05, 3.63) is 94.2 Å². The fourth-order valence-electron chi connectivity index (χ4n) is 3.32. The first-order valence-electron chi connectivity index (χ1n) is 9.99. The van der Waals surface area contributed by atoms with Gasteiger partial charge in [-0.2, -0.15) is 5.10 Å². The molecule has 164 valence electrons. The standard InChI is InChI=1S/C23H17N5O4S/c1-14-2-8-19-21(10-14)33-23(26-19)15-3-5-16(6-4-15)25-22(29)20-9-7-18(32-20)13-27-12-17(11-24-27)28(30)31/h2-12H,13H2,1H3,(H,25,29). The molecule has 0 unspecified atom stereocenters. The van der Waals surface area contributed by atoms with E-state index in [1.54, 1.807) is 23.5 Å². The Hall–Kier alpha value is -4.31. The summed E-state index contributed by atoms with van der Waals surface area (Å²) in [4.78, 5) is 27.5. The van der Waals surface area contributed by atoms with Gasteiger partial charge in [0.1, 0.15) is 23.2 Å². The monoisotopic (exact) mass is 459 g/mol. The number of rotatable bonds is 6. The first-order chi connectivity index (χ1) is 15.9. The van der Waals surface area contributed by atoms with E-state index in [2.05, 4.69) is 28.4 Å². The van der Waals surface area contributed by atoms with E-state index in [0.29, 0.717) is 11.4 Å². The number of fused-ring (bicyclic) bond motifs is 1. The first-order valence-corrected chi connectivity index (χ1v) is 10.8. The minimum absolute atomic E-state index is 0.107. The Bertz CT molecular complexity index is 1480. The molecule has 3 aromatic heterocycles. The lowest BCUT2D eigenvalue weighted by Gasteiger charge is -2.04. The Morgan fingerprint density at radius 3 is 2.76 bits per heavy atom. The molecule has 2 aromatic carbocycles. The molecule has 0 radical (unpaired) electrons. The van der Waals surface area contributed by atoms with Crippen molar-refractivity contribution in [2.24, 2.45) is 0 Å². The minimum atomic E-state index is -0.520. The van der Waals surface area contributed by atoms with Crippen LogP contribution in [0.5, 0.6) is 0 Å². The predicted molar refractivity (Wildman–Crippen MR) is 124 cm³/mol. The zero-order chi connectivity index (χ0) is 22.9. The molecule has 0 saturated heterocycles. The van der Waals surface area contributed by atoms with Crippen LogP contribution in [-0.4, -0.2) is 25.6 Å². The summed E-state index contributed by atoms with van der Waals surface area (Å²) in [6, 6.07) is 16.8. The van der Waals surface area contributed by atoms with E-state index < -0.39 is 10.8 Å². The van der Waals surface area contributed by atoms with Gasteiger partial charge in [0.15, 0.2) is 5.76 Å². The lowest BCUT2D eigenvalue weighted by atomic mass is 10.2. The van der Waals surface area contributed by atoms with Gasteiger partial charge in [-0.3, -0.25) is 19.6 Å². The molecule has 5 rings (SSSR count). The SMILES string of the molecule is Cc1ccc2nc(-c3ccc(NC(=O)c4ccc(Cn5cc([N+](=O)[O-])cn5)o4)cc3)sc2c1. The molecule has 0 fully saturated rings. The predicted octanol–water partition coefficient (Wildman–Crippen LogP) is 5.27. The zero-order valence-electron chi connectivity index (χ0n) is 17.4. The lowest BCUT2D eigenvalue weighted by molar-refractivity contribution is -0.385. The number of hydrogen-bond donors (Lipinski definition) is 1. The van der Waals surface area contributed by atoms with Gasteiger partial charge in [0.05, 0.1) is 21.7 Å². The molecule has 0 atom stereocenters. The van der Waals surface area contributed by atoms with Gasteiger partial charge in [-0.05, 0) is 61.0 Å². The Balaban J connectivity index is 1.25. The Morgan fingerprint density at radius 2 is 2.00 bits per heavy atom. The number of aromatic nitrogens is 3. The van der Waals surface area contributed by atoms with Gasteiger partial charge in [0, 0.05) is 11.3 Å². The number of amides is 1. The van der Waals surface area contributed by atoms with E-state index in [4.69, 9.17) is 4.42 Å². The van der Waals surface area contributed by atoms with Crippen molar-refractivity contribution < 1.29 is 14.1 Å². The summed E-state index contributed by atoms with van der Waals surface area (Å²) >= 11 is 1.63. The van der Waals surface area contributed by atoms with Gasteiger partial charge in [0.2, 0.25) is 0 Å². The summed E-state index contributed by atoms with van der Waals surface area (Å²) < 4.78 is 8.09. The van der Waals surface area contributed by atoms with Crippen LogP contribution in [0.1, 0.15) is 21.9 Å². The molecule has 0 aliphatic rings. The van der Waals surface area contributed by atoms with Crippen LogP contribution in [0.4, 0.5) is 11.4 Å². The Labute approximate surface area is 191 Å². The average Bonchev–Trinajstić information content (AvgIpc) is 3.54. The number of nitrogens with zero attached hydrogens (tertiary/aromatic N) is 4. The Morgan fingerprint density at radius 1 is 1.18 bits per heavy atom. The average molecular weight is 459 g/mol. The van der Waals surface area contributed by atoms with Crippen molar-refractivity contribution in [3.8, 4) is 10.6 Å². The van der Waals surface area contributed by atoms with Crippen LogP contribution in [0.25, 0.3) is 20.8 Å². The van der Waals surface area contributed by atoms with Crippen molar-refractivity contribution >= 4 is 38.8 Å². The second kappa shape index (κ2) is 8.32. The van der Waals surface area contributed by atoms with E-state index in [9.17, 15) is 14.9 Å². The third-order valence-corrected chi connectivity index (χ3v) is 6.03. The summed E-state index contributed by atoms with van der Waals surface area (Å²) in [5, 5.41) is 18.4. The molecule has 0 saturated carbocycles. The molecule has 0 spiro atoms. The van der Waals surface area contributed by atoms with Crippen LogP contribution >= 0.6 is 11.3 Å². The third kappa shape index (κ3) is 4.37. The van der Waals surface area contributed by atoms with Crippen LogP contribution in [-0.2, 0) is 6.54 Å². The van der Waals surface area contributed by atoms with Gasteiger partial charge in [-0.25, -0.2) is 4.98 Å². The molecule has 1 N–H and O–H groups in total. The number of aryl methyl sites for hydroxylation is 1. The zero-order valence-corrected chi connectivity index (χ0v) is 18.2. The molecule has 0 aliphatic carbocycles. The van der Waals surface area contributed by atoms with Crippen LogP contribution in [0.2, 0.25) is 0 Å². The van der Waals surface area contributed by atoms with Crippen LogP contribution in [0.15, 0.2) is 71.4 Å². The first kappa shape index (κ1) is 20.6. The third-order valence-electron chi connectivity index (χ3n) is 4.97. The van der Waals surface area contributed by atoms with Crippen molar-refractivity contribution in [2.75, 3.05) is 5.32 Å². The van der Waals surface area contributed by atoms with E-state index >= 15 is 0 Å². The van der Waals surface area contributed by atoms with Crippen molar-refractivity contribution in [3.63, 3.8) is 0 Å². The van der Waals surface area contributed by atoms with Gasteiger partial charge in [-0.15, -0.1) is 11.3 Å². The number of thiazole rings is 1. The molecule has 0 bridgehead atoms. The normalized spacial score (nSPS) is 11.1. The molecule has 0 aliphatic heterocycles. The number of hydrogen-bond acceptors (Lipinski definition) is 7. The molecule has 1 amide bonds. The fraction of sp³-hybridized carbons (Fsp3) is 0.0870. The van der Waals surface area contributed by atoms with E-state index in [0.717, 1.165) is 27.0 Å². The topological polar surface area (TPSA) is 116 Å². The minimum Gasteiger partial charge on any atom is -0.454 e. The Kier molecular flexibility index (Phi) is 5.19. The van der Waals surface area contributed by atoms with Crippen molar-refractivity contribution in [1.82, 2.24) is 14.8 Å². The number of furan rings is 1. The number of nitrogens with one attached hydrogen (secondary N) is 1. The summed E-state index contributed by atoms with van der Waals surface area (Å²) in [6.07, 6.45) is 2.46. The van der Waals surface area contributed by atoms with Gasteiger partial charge >= 0.3 is 5.69 Å². The molecule has 3 heterocycles. The molecule has 5 aromatic rings. The molecular formula is C23H17N5O4S. The quantitative estimate of drug-likeness (QED) is 0.273.